The number of benzene rings is 1. The summed E-state index contributed by atoms with van der Waals surface area (Å²) in [6.45, 7) is 8.59. The number of ether oxygens (including phenoxy) is 2. The van der Waals surface area contributed by atoms with Crippen LogP contribution in [0.1, 0.15) is 46.1 Å². The molecule has 1 aromatic carbocycles. The molecule has 0 saturated carbocycles. The number of carbonyl (C=O) groups excluding carboxylic acids is 1. The molecule has 0 radical (unpaired) electrons. The summed E-state index contributed by atoms with van der Waals surface area (Å²) in [5, 5.41) is 0. The molecule has 0 bridgehead atoms. The van der Waals surface area contributed by atoms with Crippen LogP contribution in [0.15, 0.2) is 22.7 Å². The third-order valence-corrected chi connectivity index (χ3v) is 6.19. The van der Waals surface area contributed by atoms with Crippen molar-refractivity contribution in [3.63, 3.8) is 0 Å². The molecule has 1 aromatic rings. The molecule has 2 N–H and O–H groups in total. The Labute approximate surface area is 178 Å². The van der Waals surface area contributed by atoms with Crippen molar-refractivity contribution >= 4 is 34.3 Å². The molecule has 0 aliphatic carbocycles. The third kappa shape index (κ3) is 6.37. The van der Waals surface area contributed by atoms with E-state index in [-0.39, 0.29) is 36.4 Å². The highest BCUT2D eigenvalue weighted by Gasteiger charge is 2.39. The van der Waals surface area contributed by atoms with Gasteiger partial charge in [0.15, 0.2) is 0 Å². The molecule has 1 heterocycles. The summed E-state index contributed by atoms with van der Waals surface area (Å²) < 4.78 is 11.9. The Bertz CT molecular complexity index is 623. The van der Waals surface area contributed by atoms with Crippen LogP contribution in [0.3, 0.4) is 0 Å². The van der Waals surface area contributed by atoms with E-state index in [1.807, 2.05) is 6.07 Å². The first-order valence-corrected chi connectivity index (χ1v) is 10.3. The van der Waals surface area contributed by atoms with Crippen molar-refractivity contribution in [2.75, 3.05) is 7.11 Å². The SMILES string of the molecule is COc1ccc(C[C@@H](C[C@H](N)[C@@H]2C[C@@H](C(C)C)C(=O)O2)C(C)C)cc1Br.Cl. The molecule has 1 saturated heterocycles. The molecule has 2 rings (SSSR count). The lowest BCUT2D eigenvalue weighted by Gasteiger charge is -2.27. The van der Waals surface area contributed by atoms with E-state index in [1.54, 1.807) is 7.11 Å². The van der Waals surface area contributed by atoms with Crippen LogP contribution in [0, 0.1) is 23.7 Å². The largest absolute Gasteiger partial charge is 0.496 e. The Hall–Kier alpha value is -0.780. The lowest BCUT2D eigenvalue weighted by atomic mass is 9.82. The van der Waals surface area contributed by atoms with Crippen molar-refractivity contribution in [3.05, 3.63) is 28.2 Å². The maximum absolute atomic E-state index is 12.0. The number of cyclic esters (lactones) is 1. The van der Waals surface area contributed by atoms with Crippen molar-refractivity contribution in [2.24, 2.45) is 29.4 Å². The van der Waals surface area contributed by atoms with Gasteiger partial charge in [0.25, 0.3) is 0 Å². The van der Waals surface area contributed by atoms with Crippen LogP contribution in [0.25, 0.3) is 0 Å². The lowest BCUT2D eigenvalue weighted by Crippen LogP contribution is -2.37. The molecular weight excluding hydrogens is 430 g/mol. The fraction of sp³-hybridized carbons (Fsp3) is 0.667. The molecule has 1 aliphatic rings. The molecule has 0 aromatic heterocycles. The summed E-state index contributed by atoms with van der Waals surface area (Å²) >= 11 is 3.56. The van der Waals surface area contributed by atoms with Crippen LogP contribution in [-0.4, -0.2) is 25.2 Å². The van der Waals surface area contributed by atoms with E-state index in [4.69, 9.17) is 15.2 Å². The highest BCUT2D eigenvalue weighted by Crippen LogP contribution is 2.33. The maximum atomic E-state index is 12.0. The smallest absolute Gasteiger partial charge is 0.309 e. The van der Waals surface area contributed by atoms with E-state index in [0.29, 0.717) is 17.8 Å². The highest BCUT2D eigenvalue weighted by atomic mass is 79.9. The highest BCUT2D eigenvalue weighted by molar-refractivity contribution is 9.10. The van der Waals surface area contributed by atoms with Crippen molar-refractivity contribution in [2.45, 2.75) is 59.1 Å². The zero-order chi connectivity index (χ0) is 19.4. The number of methoxy groups -OCH3 is 1. The van der Waals surface area contributed by atoms with Crippen molar-refractivity contribution < 1.29 is 14.3 Å². The van der Waals surface area contributed by atoms with Crippen molar-refractivity contribution in [1.29, 1.82) is 0 Å². The Morgan fingerprint density at radius 2 is 1.96 bits per heavy atom. The van der Waals surface area contributed by atoms with Gasteiger partial charge in [-0.2, -0.15) is 0 Å². The molecule has 4 nitrogen and oxygen atoms in total. The van der Waals surface area contributed by atoms with Crippen molar-refractivity contribution in [1.82, 2.24) is 0 Å². The van der Waals surface area contributed by atoms with Gasteiger partial charge in [-0.1, -0.05) is 33.8 Å². The van der Waals surface area contributed by atoms with Gasteiger partial charge in [0, 0.05) is 6.04 Å². The van der Waals surface area contributed by atoms with Crippen molar-refractivity contribution in [3.8, 4) is 5.75 Å². The van der Waals surface area contributed by atoms with E-state index in [0.717, 1.165) is 29.5 Å². The summed E-state index contributed by atoms with van der Waals surface area (Å²) in [7, 11) is 1.67. The Morgan fingerprint density at radius 3 is 2.44 bits per heavy atom. The zero-order valence-electron chi connectivity index (χ0n) is 16.9. The second-order valence-electron chi connectivity index (χ2n) is 8.14. The Balaban J connectivity index is 0.00000364. The Morgan fingerprint density at radius 1 is 1.30 bits per heavy atom. The van der Waals surface area contributed by atoms with E-state index in [2.05, 4.69) is 55.8 Å². The number of carbonyl (C=O) groups is 1. The number of hydrogen-bond acceptors (Lipinski definition) is 4. The van der Waals surface area contributed by atoms with E-state index in [1.165, 1.54) is 5.56 Å². The number of halogens is 2. The second kappa shape index (κ2) is 10.7. The zero-order valence-corrected chi connectivity index (χ0v) is 19.3. The van der Waals surface area contributed by atoms with Crippen LogP contribution in [0.2, 0.25) is 0 Å². The summed E-state index contributed by atoms with van der Waals surface area (Å²) in [4.78, 5) is 12.0. The van der Waals surface area contributed by atoms with Gasteiger partial charge >= 0.3 is 5.97 Å². The summed E-state index contributed by atoms with van der Waals surface area (Å²) in [5.41, 5.74) is 7.72. The normalized spacial score (nSPS) is 21.7. The lowest BCUT2D eigenvalue weighted by molar-refractivity contribution is -0.146. The molecule has 6 heteroatoms. The first-order valence-electron chi connectivity index (χ1n) is 9.51. The Kier molecular flexibility index (Phi) is 9.59. The molecule has 27 heavy (non-hydrogen) atoms. The van der Waals surface area contributed by atoms with E-state index < -0.39 is 0 Å². The standard InChI is InChI=1S/C21H32BrNO3.ClH/c1-12(2)15(8-14-6-7-19(25-5)17(22)9-14)10-18(23)20-11-16(13(3)4)21(24)26-20;/h6-7,9,12-13,15-16,18,20H,8,10-11,23H2,1-5H3;1H/t15-,16-,18-,20-;/m0./s1. The fourth-order valence-corrected chi connectivity index (χ4v) is 4.26. The average Bonchev–Trinajstić information content (AvgIpc) is 2.96. The topological polar surface area (TPSA) is 61.5 Å². The van der Waals surface area contributed by atoms with Gasteiger partial charge in [-0.15, -0.1) is 12.4 Å². The van der Waals surface area contributed by atoms with Gasteiger partial charge in [0.05, 0.1) is 17.5 Å². The van der Waals surface area contributed by atoms with E-state index >= 15 is 0 Å². The molecule has 0 unspecified atom stereocenters. The first kappa shape index (κ1) is 24.3. The molecular formula is C21H33BrClNO3. The molecule has 154 valence electrons. The quantitative estimate of drug-likeness (QED) is 0.552. The number of esters is 1. The number of rotatable bonds is 8. The van der Waals surface area contributed by atoms with Gasteiger partial charge in [-0.05, 0) is 70.6 Å². The molecule has 4 atom stereocenters. The summed E-state index contributed by atoms with van der Waals surface area (Å²) in [5.74, 6) is 1.98. The van der Waals surface area contributed by atoms with Crippen LogP contribution in [0.4, 0.5) is 0 Å². The average molecular weight is 463 g/mol. The summed E-state index contributed by atoms with van der Waals surface area (Å²) in [6.07, 6.45) is 2.39. The maximum Gasteiger partial charge on any atom is 0.309 e. The summed E-state index contributed by atoms with van der Waals surface area (Å²) in [6, 6.07) is 6.10. The predicted octanol–water partition coefficient (Wildman–Crippen LogP) is 5.00. The van der Waals surface area contributed by atoms with Gasteiger partial charge in [0.1, 0.15) is 11.9 Å². The second-order valence-corrected chi connectivity index (χ2v) is 8.99. The first-order chi connectivity index (χ1) is 12.2. The minimum atomic E-state index is -0.154. The molecule has 0 spiro atoms. The predicted molar refractivity (Wildman–Crippen MR) is 115 cm³/mol. The van der Waals surface area contributed by atoms with Crippen LogP contribution >= 0.6 is 28.3 Å². The molecule has 1 fully saturated rings. The monoisotopic (exact) mass is 461 g/mol. The van der Waals surface area contributed by atoms with Gasteiger partial charge in [-0.25, -0.2) is 0 Å². The number of hydrogen-bond donors (Lipinski definition) is 1. The fourth-order valence-electron chi connectivity index (χ4n) is 3.67. The van der Waals surface area contributed by atoms with Crippen LogP contribution < -0.4 is 10.5 Å². The third-order valence-electron chi connectivity index (χ3n) is 5.57. The van der Waals surface area contributed by atoms with Gasteiger partial charge < -0.3 is 15.2 Å². The minimum Gasteiger partial charge on any atom is -0.496 e. The van der Waals surface area contributed by atoms with Crippen LogP contribution in [0.5, 0.6) is 5.75 Å². The van der Waals surface area contributed by atoms with Crippen LogP contribution in [-0.2, 0) is 16.0 Å². The van der Waals surface area contributed by atoms with E-state index in [9.17, 15) is 4.79 Å². The van der Waals surface area contributed by atoms with Gasteiger partial charge in [-0.3, -0.25) is 4.79 Å². The number of nitrogens with two attached hydrogens (primary N) is 1. The molecule has 1 aliphatic heterocycles. The molecule has 0 amide bonds. The minimum absolute atomic E-state index is 0. The van der Waals surface area contributed by atoms with Gasteiger partial charge in [0.2, 0.25) is 0 Å².